The van der Waals surface area contributed by atoms with Gasteiger partial charge in [0.05, 0.1) is 6.04 Å². The SMILES string of the molecule is Cc1cccc(C(NN)C(C)Oc2cccc(Cl)c2)c1C. The lowest BCUT2D eigenvalue weighted by atomic mass is 9.95. The molecule has 21 heavy (non-hydrogen) atoms. The Balaban J connectivity index is 2.22. The molecule has 3 nitrogen and oxygen atoms in total. The van der Waals surface area contributed by atoms with Gasteiger partial charge in [-0.05, 0) is 55.7 Å². The molecule has 0 aliphatic heterocycles. The van der Waals surface area contributed by atoms with Crippen molar-refractivity contribution >= 4 is 11.6 Å². The monoisotopic (exact) mass is 304 g/mol. The van der Waals surface area contributed by atoms with E-state index in [4.69, 9.17) is 22.2 Å². The Morgan fingerprint density at radius 2 is 1.86 bits per heavy atom. The van der Waals surface area contributed by atoms with Gasteiger partial charge in [-0.25, -0.2) is 5.43 Å². The van der Waals surface area contributed by atoms with Crippen LogP contribution in [0.25, 0.3) is 0 Å². The quantitative estimate of drug-likeness (QED) is 0.650. The number of ether oxygens (including phenoxy) is 1. The normalized spacial score (nSPS) is 13.8. The summed E-state index contributed by atoms with van der Waals surface area (Å²) >= 11 is 5.98. The average molecular weight is 305 g/mol. The first-order valence-electron chi connectivity index (χ1n) is 6.97. The van der Waals surface area contributed by atoms with Crippen molar-refractivity contribution in [3.05, 3.63) is 64.2 Å². The molecule has 0 amide bonds. The Kier molecular flexibility index (Phi) is 5.23. The van der Waals surface area contributed by atoms with E-state index in [0.29, 0.717) is 5.02 Å². The van der Waals surface area contributed by atoms with E-state index >= 15 is 0 Å². The van der Waals surface area contributed by atoms with E-state index in [-0.39, 0.29) is 12.1 Å². The fraction of sp³-hybridized carbons (Fsp3) is 0.294. The van der Waals surface area contributed by atoms with Crippen molar-refractivity contribution in [1.82, 2.24) is 5.43 Å². The maximum atomic E-state index is 5.98. The van der Waals surface area contributed by atoms with Crippen LogP contribution < -0.4 is 16.0 Å². The zero-order valence-electron chi connectivity index (χ0n) is 12.6. The molecule has 2 rings (SSSR count). The molecule has 0 bridgehead atoms. The number of aryl methyl sites for hydroxylation is 1. The zero-order valence-corrected chi connectivity index (χ0v) is 13.3. The largest absolute Gasteiger partial charge is 0.489 e. The Bertz CT molecular complexity index is 615. The average Bonchev–Trinajstić information content (AvgIpc) is 2.44. The molecule has 2 unspecified atom stereocenters. The molecule has 0 fully saturated rings. The highest BCUT2D eigenvalue weighted by Crippen LogP contribution is 2.26. The van der Waals surface area contributed by atoms with Crippen molar-refractivity contribution in [1.29, 1.82) is 0 Å². The molecule has 0 aromatic heterocycles. The van der Waals surface area contributed by atoms with E-state index in [1.165, 1.54) is 11.1 Å². The van der Waals surface area contributed by atoms with Gasteiger partial charge in [0.25, 0.3) is 0 Å². The molecule has 0 saturated heterocycles. The molecule has 2 aromatic rings. The molecule has 3 N–H and O–H groups in total. The topological polar surface area (TPSA) is 47.3 Å². The third-order valence-electron chi connectivity index (χ3n) is 3.75. The smallest absolute Gasteiger partial charge is 0.121 e. The van der Waals surface area contributed by atoms with Gasteiger partial charge >= 0.3 is 0 Å². The Morgan fingerprint density at radius 1 is 1.14 bits per heavy atom. The van der Waals surface area contributed by atoms with Gasteiger partial charge in [-0.2, -0.15) is 0 Å². The van der Waals surface area contributed by atoms with Crippen LogP contribution >= 0.6 is 11.6 Å². The number of benzene rings is 2. The van der Waals surface area contributed by atoms with Crippen LogP contribution in [0.1, 0.15) is 29.7 Å². The molecule has 0 heterocycles. The van der Waals surface area contributed by atoms with E-state index in [0.717, 1.165) is 11.3 Å². The molecule has 0 aliphatic carbocycles. The minimum absolute atomic E-state index is 0.0936. The second-order valence-electron chi connectivity index (χ2n) is 5.21. The highest BCUT2D eigenvalue weighted by molar-refractivity contribution is 6.30. The van der Waals surface area contributed by atoms with Crippen molar-refractivity contribution in [3.8, 4) is 5.75 Å². The number of nitrogens with two attached hydrogens (primary N) is 1. The van der Waals surface area contributed by atoms with E-state index in [9.17, 15) is 0 Å². The Labute approximate surface area is 131 Å². The van der Waals surface area contributed by atoms with Crippen molar-refractivity contribution in [2.24, 2.45) is 5.84 Å². The predicted octanol–water partition coefficient (Wildman–Crippen LogP) is 3.93. The lowest BCUT2D eigenvalue weighted by Gasteiger charge is -2.26. The molecule has 4 heteroatoms. The second kappa shape index (κ2) is 6.94. The van der Waals surface area contributed by atoms with Crippen molar-refractivity contribution in [3.63, 3.8) is 0 Å². The maximum Gasteiger partial charge on any atom is 0.121 e. The van der Waals surface area contributed by atoms with E-state index in [1.807, 2.05) is 31.2 Å². The summed E-state index contributed by atoms with van der Waals surface area (Å²) in [4.78, 5) is 0. The summed E-state index contributed by atoms with van der Waals surface area (Å²) in [7, 11) is 0. The lowest BCUT2D eigenvalue weighted by Crippen LogP contribution is -2.38. The molecular formula is C17H21ClN2O. The highest BCUT2D eigenvalue weighted by atomic mass is 35.5. The predicted molar refractivity (Wildman–Crippen MR) is 87.5 cm³/mol. The molecule has 0 saturated carbocycles. The van der Waals surface area contributed by atoms with Gasteiger partial charge in [-0.3, -0.25) is 5.84 Å². The fourth-order valence-electron chi connectivity index (χ4n) is 2.41. The number of nitrogens with one attached hydrogen (secondary N) is 1. The van der Waals surface area contributed by atoms with Crippen LogP contribution in [-0.4, -0.2) is 6.10 Å². The van der Waals surface area contributed by atoms with Crippen LogP contribution in [0, 0.1) is 13.8 Å². The van der Waals surface area contributed by atoms with Gasteiger partial charge in [-0.15, -0.1) is 0 Å². The fourth-order valence-corrected chi connectivity index (χ4v) is 2.59. The summed E-state index contributed by atoms with van der Waals surface area (Å²) in [5.41, 5.74) is 6.47. The first-order chi connectivity index (χ1) is 10.0. The summed E-state index contributed by atoms with van der Waals surface area (Å²) in [6, 6.07) is 13.5. The Morgan fingerprint density at radius 3 is 2.52 bits per heavy atom. The number of rotatable bonds is 5. The van der Waals surface area contributed by atoms with Crippen molar-refractivity contribution in [2.75, 3.05) is 0 Å². The molecule has 112 valence electrons. The van der Waals surface area contributed by atoms with Crippen molar-refractivity contribution in [2.45, 2.75) is 32.9 Å². The van der Waals surface area contributed by atoms with Gasteiger partial charge in [0.2, 0.25) is 0 Å². The molecule has 0 aliphatic rings. The molecule has 2 aromatic carbocycles. The summed E-state index contributed by atoms with van der Waals surface area (Å²) in [6.45, 7) is 6.18. The highest BCUT2D eigenvalue weighted by Gasteiger charge is 2.21. The third-order valence-corrected chi connectivity index (χ3v) is 3.98. The summed E-state index contributed by atoms with van der Waals surface area (Å²) in [5, 5.41) is 0.656. The zero-order chi connectivity index (χ0) is 15.4. The number of halogens is 1. The van der Waals surface area contributed by atoms with Crippen LogP contribution in [0.3, 0.4) is 0 Å². The van der Waals surface area contributed by atoms with Crippen LogP contribution in [0.4, 0.5) is 0 Å². The summed E-state index contributed by atoms with van der Waals surface area (Å²) < 4.78 is 5.97. The molecular weight excluding hydrogens is 284 g/mol. The van der Waals surface area contributed by atoms with E-state index < -0.39 is 0 Å². The number of hydrogen-bond acceptors (Lipinski definition) is 3. The number of hydrogen-bond donors (Lipinski definition) is 2. The standard InChI is InChI=1S/C17H21ClN2O/c1-11-6-4-9-16(12(11)2)17(20-19)13(3)21-15-8-5-7-14(18)10-15/h4-10,13,17,20H,19H2,1-3H3. The van der Waals surface area contributed by atoms with E-state index in [1.54, 1.807) is 6.07 Å². The van der Waals surface area contributed by atoms with Gasteiger partial charge in [0, 0.05) is 5.02 Å². The van der Waals surface area contributed by atoms with Crippen LogP contribution in [0.5, 0.6) is 5.75 Å². The van der Waals surface area contributed by atoms with Crippen LogP contribution in [0.15, 0.2) is 42.5 Å². The van der Waals surface area contributed by atoms with Gasteiger partial charge in [-0.1, -0.05) is 35.9 Å². The first-order valence-corrected chi connectivity index (χ1v) is 7.35. The molecule has 2 atom stereocenters. The first kappa shape index (κ1) is 15.8. The number of hydrazine groups is 1. The molecule has 0 radical (unpaired) electrons. The summed E-state index contributed by atoms with van der Waals surface area (Å²) in [6.07, 6.45) is -0.131. The van der Waals surface area contributed by atoms with Gasteiger partial charge < -0.3 is 4.74 Å². The third kappa shape index (κ3) is 3.76. The lowest BCUT2D eigenvalue weighted by molar-refractivity contribution is 0.170. The minimum Gasteiger partial charge on any atom is -0.489 e. The van der Waals surface area contributed by atoms with Crippen LogP contribution in [0.2, 0.25) is 5.02 Å². The van der Waals surface area contributed by atoms with Gasteiger partial charge in [0.15, 0.2) is 0 Å². The van der Waals surface area contributed by atoms with E-state index in [2.05, 4.69) is 31.4 Å². The van der Waals surface area contributed by atoms with Crippen molar-refractivity contribution < 1.29 is 4.74 Å². The molecule has 0 spiro atoms. The Hall–Kier alpha value is -1.55. The second-order valence-corrected chi connectivity index (χ2v) is 5.65. The van der Waals surface area contributed by atoms with Crippen LogP contribution in [-0.2, 0) is 0 Å². The summed E-state index contributed by atoms with van der Waals surface area (Å²) in [5.74, 6) is 6.49. The maximum absolute atomic E-state index is 5.98. The minimum atomic E-state index is -0.131. The van der Waals surface area contributed by atoms with Gasteiger partial charge in [0.1, 0.15) is 11.9 Å².